The number of piperazine rings is 1. The lowest BCUT2D eigenvalue weighted by molar-refractivity contribution is 0.415. The first-order valence-corrected chi connectivity index (χ1v) is 10.6. The van der Waals surface area contributed by atoms with Crippen LogP contribution in [0, 0.1) is 0 Å². The van der Waals surface area contributed by atoms with Crippen molar-refractivity contribution in [3.05, 3.63) is 53.0 Å². The number of aromatic nitrogens is 2. The van der Waals surface area contributed by atoms with Crippen molar-refractivity contribution in [1.82, 2.24) is 9.97 Å². The molecule has 0 unspecified atom stereocenters. The minimum absolute atomic E-state index is 0.622. The Kier molecular flexibility index (Phi) is 6.00. The smallest absolute Gasteiger partial charge is 0.157 e. The van der Waals surface area contributed by atoms with Gasteiger partial charge in [0.1, 0.15) is 17.8 Å². The topological polar surface area (TPSA) is 79.5 Å². The highest BCUT2D eigenvalue weighted by Gasteiger charge is 2.21. The molecule has 4 rings (SSSR count). The molecular formula is C21H26N6OS. The number of rotatable bonds is 7. The van der Waals surface area contributed by atoms with Crippen molar-refractivity contribution in [1.29, 1.82) is 0 Å². The predicted molar refractivity (Wildman–Crippen MR) is 120 cm³/mol. The highest BCUT2D eigenvalue weighted by molar-refractivity contribution is 7.09. The number of anilines is 4. The molecule has 3 aromatic rings. The Balaban J connectivity index is 1.36. The van der Waals surface area contributed by atoms with Crippen molar-refractivity contribution in [2.24, 2.45) is 0 Å². The molecule has 0 saturated carbocycles. The molecule has 0 atom stereocenters. The van der Waals surface area contributed by atoms with E-state index in [1.165, 1.54) is 10.6 Å². The third-order valence-corrected chi connectivity index (χ3v) is 6.06. The van der Waals surface area contributed by atoms with E-state index in [9.17, 15) is 0 Å². The Bertz CT molecular complexity index is 907. The zero-order chi connectivity index (χ0) is 20.1. The highest BCUT2D eigenvalue weighted by Crippen LogP contribution is 2.28. The van der Waals surface area contributed by atoms with Gasteiger partial charge in [-0.25, -0.2) is 9.97 Å². The molecule has 1 fully saturated rings. The molecule has 1 saturated heterocycles. The van der Waals surface area contributed by atoms with Crippen LogP contribution in [0.2, 0.25) is 0 Å². The molecule has 1 aromatic carbocycles. The maximum absolute atomic E-state index is 6.40. The van der Waals surface area contributed by atoms with E-state index in [2.05, 4.69) is 54.7 Å². The number of thiophene rings is 1. The molecule has 8 heteroatoms. The van der Waals surface area contributed by atoms with Gasteiger partial charge in [0.25, 0.3) is 0 Å². The summed E-state index contributed by atoms with van der Waals surface area (Å²) in [5.74, 6) is 2.40. The Hall–Kier alpha value is -3.00. The number of nitrogens with two attached hydrogens (primary N) is 1. The van der Waals surface area contributed by atoms with E-state index in [4.69, 9.17) is 10.5 Å². The number of ether oxygens (including phenoxy) is 1. The molecule has 0 bridgehead atoms. The normalized spacial score (nSPS) is 14.1. The van der Waals surface area contributed by atoms with E-state index >= 15 is 0 Å². The highest BCUT2D eigenvalue weighted by atomic mass is 32.1. The molecule has 0 radical (unpaired) electrons. The van der Waals surface area contributed by atoms with Crippen LogP contribution in [0.25, 0.3) is 0 Å². The average molecular weight is 411 g/mol. The number of nitrogens with one attached hydrogen (secondary N) is 1. The molecule has 0 aliphatic carbocycles. The second-order valence-electron chi connectivity index (χ2n) is 6.89. The fourth-order valence-electron chi connectivity index (χ4n) is 3.51. The summed E-state index contributed by atoms with van der Waals surface area (Å²) in [6.45, 7) is 4.35. The predicted octanol–water partition coefficient (Wildman–Crippen LogP) is 3.11. The molecule has 0 spiro atoms. The molecule has 3 heterocycles. The summed E-state index contributed by atoms with van der Waals surface area (Å²) >= 11 is 1.76. The monoisotopic (exact) mass is 410 g/mol. The number of benzene rings is 1. The lowest BCUT2D eigenvalue weighted by atomic mass is 10.2. The lowest BCUT2D eigenvalue weighted by Gasteiger charge is -2.37. The second-order valence-corrected chi connectivity index (χ2v) is 7.92. The van der Waals surface area contributed by atoms with Gasteiger partial charge in [0, 0.05) is 43.3 Å². The minimum atomic E-state index is 0.622. The van der Waals surface area contributed by atoms with Crippen LogP contribution in [0.3, 0.4) is 0 Å². The van der Waals surface area contributed by atoms with Crippen LogP contribution in [-0.2, 0) is 6.42 Å². The largest absolute Gasteiger partial charge is 0.497 e. The van der Waals surface area contributed by atoms with Crippen molar-refractivity contribution < 1.29 is 4.74 Å². The van der Waals surface area contributed by atoms with Gasteiger partial charge in [-0.1, -0.05) is 6.07 Å². The first-order valence-electron chi connectivity index (χ1n) is 9.75. The number of methoxy groups -OCH3 is 1. The summed E-state index contributed by atoms with van der Waals surface area (Å²) in [6.07, 6.45) is 2.55. The number of nitrogens with zero attached hydrogens (tertiary/aromatic N) is 4. The number of nitrogen functional groups attached to an aromatic ring is 1. The molecule has 7 nitrogen and oxygen atoms in total. The van der Waals surface area contributed by atoms with Gasteiger partial charge in [-0.3, -0.25) is 0 Å². The molecule has 0 amide bonds. The van der Waals surface area contributed by atoms with E-state index in [0.29, 0.717) is 11.5 Å². The van der Waals surface area contributed by atoms with E-state index in [1.54, 1.807) is 24.8 Å². The van der Waals surface area contributed by atoms with Gasteiger partial charge in [0.2, 0.25) is 0 Å². The van der Waals surface area contributed by atoms with Crippen molar-refractivity contribution in [3.63, 3.8) is 0 Å². The molecule has 1 aliphatic rings. The quantitative estimate of drug-likeness (QED) is 0.619. The van der Waals surface area contributed by atoms with Gasteiger partial charge in [-0.2, -0.15) is 0 Å². The van der Waals surface area contributed by atoms with Crippen LogP contribution in [0.15, 0.2) is 48.1 Å². The van der Waals surface area contributed by atoms with Crippen molar-refractivity contribution in [3.8, 4) is 5.75 Å². The van der Waals surface area contributed by atoms with Crippen LogP contribution < -0.4 is 25.6 Å². The van der Waals surface area contributed by atoms with E-state index in [0.717, 1.165) is 50.7 Å². The van der Waals surface area contributed by atoms with E-state index in [-0.39, 0.29) is 0 Å². The van der Waals surface area contributed by atoms with Crippen LogP contribution in [0.4, 0.5) is 23.0 Å². The van der Waals surface area contributed by atoms with Gasteiger partial charge in [-0.15, -0.1) is 11.3 Å². The number of hydrogen-bond acceptors (Lipinski definition) is 8. The Morgan fingerprint density at radius 3 is 2.52 bits per heavy atom. The fourth-order valence-corrected chi connectivity index (χ4v) is 4.22. The Labute approximate surface area is 175 Å². The van der Waals surface area contributed by atoms with Gasteiger partial charge in [0.05, 0.1) is 7.11 Å². The van der Waals surface area contributed by atoms with Gasteiger partial charge >= 0.3 is 0 Å². The van der Waals surface area contributed by atoms with Crippen LogP contribution in [-0.4, -0.2) is 49.8 Å². The summed E-state index contributed by atoms with van der Waals surface area (Å²) in [4.78, 5) is 14.7. The third-order valence-electron chi connectivity index (χ3n) is 5.12. The standard InChI is InChI=1S/C21H26N6OS/c1-28-17-6-4-16(5-7-17)26-10-12-27(13-11-26)21-19(22)20(24-15-25-21)23-9-8-18-3-2-14-29-18/h2-7,14-15H,8-13,22H2,1H3,(H,23,24,25). The first kappa shape index (κ1) is 19.3. The molecule has 29 heavy (non-hydrogen) atoms. The molecule has 2 aromatic heterocycles. The SMILES string of the molecule is COc1ccc(N2CCN(c3ncnc(NCCc4cccs4)c3N)CC2)cc1. The fraction of sp³-hybridized carbons (Fsp3) is 0.333. The van der Waals surface area contributed by atoms with Crippen LogP contribution >= 0.6 is 11.3 Å². The van der Waals surface area contributed by atoms with E-state index < -0.39 is 0 Å². The maximum atomic E-state index is 6.40. The van der Waals surface area contributed by atoms with Gasteiger partial charge in [-0.05, 0) is 42.1 Å². The molecular weight excluding hydrogens is 384 g/mol. The van der Waals surface area contributed by atoms with Crippen molar-refractivity contribution in [2.45, 2.75) is 6.42 Å². The Morgan fingerprint density at radius 1 is 1.07 bits per heavy atom. The van der Waals surface area contributed by atoms with E-state index in [1.807, 2.05) is 12.1 Å². The second kappa shape index (κ2) is 9.00. The minimum Gasteiger partial charge on any atom is -0.497 e. The average Bonchev–Trinajstić information content (AvgIpc) is 3.29. The van der Waals surface area contributed by atoms with Crippen molar-refractivity contribution >= 4 is 34.3 Å². The summed E-state index contributed by atoms with van der Waals surface area (Å²) in [5, 5.41) is 5.45. The summed E-state index contributed by atoms with van der Waals surface area (Å²) in [5.41, 5.74) is 8.22. The van der Waals surface area contributed by atoms with Crippen LogP contribution in [0.1, 0.15) is 4.88 Å². The van der Waals surface area contributed by atoms with Gasteiger partial charge in [0.15, 0.2) is 11.6 Å². The molecule has 152 valence electrons. The summed E-state index contributed by atoms with van der Waals surface area (Å²) < 4.78 is 5.24. The number of hydrogen-bond donors (Lipinski definition) is 2. The molecule has 1 aliphatic heterocycles. The lowest BCUT2D eigenvalue weighted by Crippen LogP contribution is -2.47. The van der Waals surface area contributed by atoms with Gasteiger partial charge < -0.3 is 25.6 Å². The third kappa shape index (κ3) is 4.54. The maximum Gasteiger partial charge on any atom is 0.157 e. The summed E-state index contributed by atoms with van der Waals surface area (Å²) in [6, 6.07) is 12.4. The van der Waals surface area contributed by atoms with Crippen LogP contribution in [0.5, 0.6) is 5.75 Å². The first-order chi connectivity index (χ1) is 14.2. The zero-order valence-electron chi connectivity index (χ0n) is 16.5. The zero-order valence-corrected chi connectivity index (χ0v) is 17.4. The summed E-state index contributed by atoms with van der Waals surface area (Å²) in [7, 11) is 1.69. The molecule has 3 N–H and O–H groups in total. The Morgan fingerprint density at radius 2 is 1.83 bits per heavy atom. The van der Waals surface area contributed by atoms with Crippen molar-refractivity contribution in [2.75, 3.05) is 60.7 Å².